The Morgan fingerprint density at radius 2 is 2.25 bits per heavy atom. The van der Waals surface area contributed by atoms with Crippen LogP contribution in [0.4, 0.5) is 0 Å². The summed E-state index contributed by atoms with van der Waals surface area (Å²) in [6.45, 7) is 4.20. The quantitative estimate of drug-likeness (QED) is 0.870. The van der Waals surface area contributed by atoms with Crippen molar-refractivity contribution in [3.8, 4) is 5.75 Å². The fraction of sp³-hybridized carbons (Fsp3) is 0.500. The number of benzene rings is 1. The summed E-state index contributed by atoms with van der Waals surface area (Å²) in [5.74, 6) is 0.927. The number of thioether (sulfide) groups is 1. The summed E-state index contributed by atoms with van der Waals surface area (Å²) in [7, 11) is 1.69. The van der Waals surface area contributed by atoms with Crippen molar-refractivity contribution < 1.29 is 9.47 Å². The van der Waals surface area contributed by atoms with Crippen LogP contribution in [-0.4, -0.2) is 31.6 Å². The molecule has 88 valence electrons. The molecule has 1 aromatic rings. The molecule has 0 radical (unpaired) electrons. The van der Waals surface area contributed by atoms with Crippen LogP contribution in [0.1, 0.15) is 5.56 Å². The fourth-order valence-corrected chi connectivity index (χ4v) is 2.95. The number of hydrogen-bond acceptors (Lipinski definition) is 4. The number of aryl methyl sites for hydroxylation is 1. The molecule has 1 heterocycles. The topological polar surface area (TPSA) is 44.5 Å². The van der Waals surface area contributed by atoms with Crippen LogP contribution in [0.5, 0.6) is 5.75 Å². The Hall–Kier alpha value is -0.710. The molecule has 1 aromatic carbocycles. The van der Waals surface area contributed by atoms with Crippen LogP contribution >= 0.6 is 11.8 Å². The maximum absolute atomic E-state index is 5.79. The number of hydrogen-bond donors (Lipinski definition) is 1. The molecule has 0 amide bonds. The van der Waals surface area contributed by atoms with E-state index in [-0.39, 0.29) is 4.75 Å². The molecule has 0 aromatic heterocycles. The van der Waals surface area contributed by atoms with Crippen molar-refractivity contribution in [2.75, 3.05) is 26.9 Å². The third-order valence-electron chi connectivity index (χ3n) is 2.80. The largest absolute Gasteiger partial charge is 0.496 e. The Kier molecular flexibility index (Phi) is 3.42. The summed E-state index contributed by atoms with van der Waals surface area (Å²) in [6.07, 6.45) is 0. The highest BCUT2D eigenvalue weighted by Gasteiger charge is 2.38. The van der Waals surface area contributed by atoms with E-state index in [4.69, 9.17) is 15.2 Å². The average Bonchev–Trinajstić information content (AvgIpc) is 2.24. The van der Waals surface area contributed by atoms with Gasteiger partial charge in [0.1, 0.15) is 5.75 Å². The second kappa shape index (κ2) is 4.65. The second-order valence-electron chi connectivity index (χ2n) is 4.11. The molecule has 1 saturated heterocycles. The maximum Gasteiger partial charge on any atom is 0.121 e. The average molecular weight is 239 g/mol. The summed E-state index contributed by atoms with van der Waals surface area (Å²) >= 11 is 1.81. The lowest BCUT2D eigenvalue weighted by Gasteiger charge is -2.39. The van der Waals surface area contributed by atoms with Crippen LogP contribution in [0.15, 0.2) is 23.1 Å². The zero-order valence-corrected chi connectivity index (χ0v) is 10.5. The minimum Gasteiger partial charge on any atom is -0.496 e. The lowest BCUT2D eigenvalue weighted by atomic mass is 10.1. The van der Waals surface area contributed by atoms with Crippen molar-refractivity contribution in [1.29, 1.82) is 0 Å². The first-order valence-corrected chi connectivity index (χ1v) is 6.12. The van der Waals surface area contributed by atoms with E-state index in [0.717, 1.165) is 24.5 Å². The Morgan fingerprint density at radius 3 is 2.69 bits per heavy atom. The number of rotatable bonds is 4. The number of ether oxygens (including phenoxy) is 2. The lowest BCUT2D eigenvalue weighted by Crippen LogP contribution is -2.52. The van der Waals surface area contributed by atoms with E-state index in [0.29, 0.717) is 6.54 Å². The molecule has 0 spiro atoms. The van der Waals surface area contributed by atoms with Gasteiger partial charge in [-0.05, 0) is 30.7 Å². The van der Waals surface area contributed by atoms with Gasteiger partial charge >= 0.3 is 0 Å². The van der Waals surface area contributed by atoms with E-state index in [9.17, 15) is 0 Å². The summed E-state index contributed by atoms with van der Waals surface area (Å²) in [6, 6.07) is 6.22. The van der Waals surface area contributed by atoms with Gasteiger partial charge in [-0.3, -0.25) is 0 Å². The molecule has 4 heteroatoms. The van der Waals surface area contributed by atoms with E-state index in [1.165, 1.54) is 4.90 Å². The SMILES string of the molecule is COc1ccc(SC2(CN)COC2)cc1C. The van der Waals surface area contributed by atoms with Gasteiger partial charge in [0.25, 0.3) is 0 Å². The van der Waals surface area contributed by atoms with Gasteiger partial charge in [0.05, 0.1) is 25.1 Å². The van der Waals surface area contributed by atoms with Crippen LogP contribution in [0.2, 0.25) is 0 Å². The van der Waals surface area contributed by atoms with E-state index >= 15 is 0 Å². The fourth-order valence-electron chi connectivity index (χ4n) is 1.71. The first-order chi connectivity index (χ1) is 7.69. The number of methoxy groups -OCH3 is 1. The van der Waals surface area contributed by atoms with Gasteiger partial charge in [-0.2, -0.15) is 0 Å². The minimum atomic E-state index is 0.0844. The first kappa shape index (κ1) is 11.8. The van der Waals surface area contributed by atoms with Crippen LogP contribution in [0.25, 0.3) is 0 Å². The molecule has 1 aliphatic heterocycles. The van der Waals surface area contributed by atoms with Gasteiger partial charge in [0, 0.05) is 11.4 Å². The van der Waals surface area contributed by atoms with Crippen molar-refractivity contribution in [3.05, 3.63) is 23.8 Å². The molecule has 0 saturated carbocycles. The Labute approximate surface area is 100 Å². The summed E-state index contributed by atoms with van der Waals surface area (Å²) in [5.41, 5.74) is 6.94. The zero-order valence-electron chi connectivity index (χ0n) is 9.66. The Morgan fingerprint density at radius 1 is 1.50 bits per heavy atom. The van der Waals surface area contributed by atoms with Crippen molar-refractivity contribution >= 4 is 11.8 Å². The van der Waals surface area contributed by atoms with Crippen molar-refractivity contribution in [2.24, 2.45) is 5.73 Å². The van der Waals surface area contributed by atoms with Crippen molar-refractivity contribution in [2.45, 2.75) is 16.6 Å². The Balaban J connectivity index is 2.13. The van der Waals surface area contributed by atoms with E-state index < -0.39 is 0 Å². The smallest absolute Gasteiger partial charge is 0.121 e. The van der Waals surface area contributed by atoms with E-state index in [1.807, 2.05) is 6.07 Å². The van der Waals surface area contributed by atoms with Crippen LogP contribution in [-0.2, 0) is 4.74 Å². The minimum absolute atomic E-state index is 0.0844. The predicted octanol–water partition coefficient (Wildman–Crippen LogP) is 1.82. The molecular formula is C12H17NO2S. The van der Waals surface area contributed by atoms with Crippen molar-refractivity contribution in [3.63, 3.8) is 0 Å². The van der Waals surface area contributed by atoms with E-state index in [2.05, 4.69) is 19.1 Å². The highest BCUT2D eigenvalue weighted by molar-refractivity contribution is 8.00. The van der Waals surface area contributed by atoms with Gasteiger partial charge < -0.3 is 15.2 Å². The maximum atomic E-state index is 5.79. The summed E-state index contributed by atoms with van der Waals surface area (Å²) in [4.78, 5) is 1.23. The third kappa shape index (κ3) is 2.19. The van der Waals surface area contributed by atoms with Crippen molar-refractivity contribution in [1.82, 2.24) is 0 Å². The molecule has 0 aliphatic carbocycles. The van der Waals surface area contributed by atoms with Crippen LogP contribution in [0.3, 0.4) is 0 Å². The number of nitrogens with two attached hydrogens (primary N) is 1. The highest BCUT2D eigenvalue weighted by atomic mass is 32.2. The third-order valence-corrected chi connectivity index (χ3v) is 4.13. The monoisotopic (exact) mass is 239 g/mol. The molecule has 0 atom stereocenters. The molecule has 3 nitrogen and oxygen atoms in total. The zero-order chi connectivity index (χ0) is 11.6. The summed E-state index contributed by atoms with van der Waals surface area (Å²) in [5, 5.41) is 0. The standard InChI is InChI=1S/C12H17NO2S/c1-9-5-10(3-4-11(9)14-2)16-12(6-13)7-15-8-12/h3-5H,6-8,13H2,1-2H3. The molecule has 2 rings (SSSR count). The molecular weight excluding hydrogens is 222 g/mol. The molecule has 0 unspecified atom stereocenters. The van der Waals surface area contributed by atoms with Gasteiger partial charge in [0.15, 0.2) is 0 Å². The van der Waals surface area contributed by atoms with Gasteiger partial charge in [0.2, 0.25) is 0 Å². The second-order valence-corrected chi connectivity index (χ2v) is 5.65. The molecule has 16 heavy (non-hydrogen) atoms. The van der Waals surface area contributed by atoms with Gasteiger partial charge in [-0.1, -0.05) is 0 Å². The predicted molar refractivity (Wildman–Crippen MR) is 66.2 cm³/mol. The molecule has 1 fully saturated rings. The van der Waals surface area contributed by atoms with Gasteiger partial charge in [-0.15, -0.1) is 11.8 Å². The molecule has 1 aliphatic rings. The molecule has 0 bridgehead atoms. The van der Waals surface area contributed by atoms with Crippen LogP contribution < -0.4 is 10.5 Å². The first-order valence-electron chi connectivity index (χ1n) is 5.30. The normalized spacial score (nSPS) is 17.9. The Bertz CT molecular complexity index is 372. The lowest BCUT2D eigenvalue weighted by molar-refractivity contribution is -0.00434. The highest BCUT2D eigenvalue weighted by Crippen LogP contribution is 2.39. The van der Waals surface area contributed by atoms with Crippen LogP contribution in [0, 0.1) is 6.92 Å². The molecule has 2 N–H and O–H groups in total. The van der Waals surface area contributed by atoms with Gasteiger partial charge in [-0.25, -0.2) is 0 Å². The summed E-state index contributed by atoms with van der Waals surface area (Å²) < 4.78 is 10.6. The van der Waals surface area contributed by atoms with E-state index in [1.54, 1.807) is 18.9 Å².